The number of anilines is 1. The molecule has 2 aromatic carbocycles. The van der Waals surface area contributed by atoms with E-state index in [-0.39, 0.29) is 12.1 Å². The number of nitrogens with one attached hydrogen (secondary N) is 1. The molecule has 130 valence electrons. The zero-order valence-electron chi connectivity index (χ0n) is 13.2. The number of rotatable bonds is 2. The summed E-state index contributed by atoms with van der Waals surface area (Å²) in [6, 6.07) is 10.9. The number of ether oxygens (including phenoxy) is 1. The van der Waals surface area contributed by atoms with E-state index in [4.69, 9.17) is 4.74 Å². The van der Waals surface area contributed by atoms with Gasteiger partial charge in [0, 0.05) is 12.1 Å². The summed E-state index contributed by atoms with van der Waals surface area (Å²) in [4.78, 5) is 24.6. The fraction of sp³-hybridized carbons (Fsp3) is 0.222. The normalized spacial score (nSPS) is 19.8. The van der Waals surface area contributed by atoms with Crippen molar-refractivity contribution in [3.05, 3.63) is 65.2 Å². The van der Waals surface area contributed by atoms with Gasteiger partial charge in [0.25, 0.3) is 5.91 Å². The Labute approximate surface area is 141 Å². The topological polar surface area (TPSA) is 55.4 Å². The summed E-state index contributed by atoms with van der Waals surface area (Å²) in [6.07, 6.45) is -4.27. The van der Waals surface area contributed by atoms with Crippen LogP contribution in [-0.2, 0) is 22.1 Å². The summed E-state index contributed by atoms with van der Waals surface area (Å²) in [7, 11) is 0. The van der Waals surface area contributed by atoms with E-state index < -0.39 is 29.2 Å². The van der Waals surface area contributed by atoms with E-state index in [1.54, 1.807) is 24.3 Å². The number of cyclic esters (lactones) is 1. The molecule has 0 unspecified atom stereocenters. The van der Waals surface area contributed by atoms with Crippen LogP contribution in [-0.4, -0.2) is 17.5 Å². The monoisotopic (exact) mass is 349 g/mol. The zero-order chi connectivity index (χ0) is 18.2. The lowest BCUT2D eigenvalue weighted by Gasteiger charge is -2.33. The molecule has 0 aromatic heterocycles. The zero-order valence-corrected chi connectivity index (χ0v) is 13.2. The van der Waals surface area contributed by atoms with Crippen LogP contribution in [0.4, 0.5) is 18.9 Å². The summed E-state index contributed by atoms with van der Waals surface area (Å²) in [5, 5.41) is 2.50. The summed E-state index contributed by atoms with van der Waals surface area (Å²) >= 11 is 0. The highest BCUT2D eigenvalue weighted by atomic mass is 19.4. The first-order valence-corrected chi connectivity index (χ1v) is 7.49. The predicted octanol–water partition coefficient (Wildman–Crippen LogP) is 3.82. The van der Waals surface area contributed by atoms with Crippen molar-refractivity contribution in [3.63, 3.8) is 0 Å². The predicted molar refractivity (Wildman–Crippen MR) is 84.0 cm³/mol. The quantitative estimate of drug-likeness (QED) is 0.839. The molecule has 1 aliphatic heterocycles. The van der Waals surface area contributed by atoms with Crippen LogP contribution in [0, 0.1) is 0 Å². The van der Waals surface area contributed by atoms with Gasteiger partial charge in [-0.3, -0.25) is 4.79 Å². The van der Waals surface area contributed by atoms with E-state index in [1.165, 1.54) is 6.92 Å². The van der Waals surface area contributed by atoms with Crippen molar-refractivity contribution in [3.8, 4) is 0 Å². The number of fused-ring (bicyclic) bond motifs is 1. The van der Waals surface area contributed by atoms with Crippen LogP contribution in [0.1, 0.15) is 28.4 Å². The highest BCUT2D eigenvalue weighted by Gasteiger charge is 2.42. The van der Waals surface area contributed by atoms with Crippen molar-refractivity contribution in [2.24, 2.45) is 0 Å². The van der Waals surface area contributed by atoms with Crippen molar-refractivity contribution in [1.82, 2.24) is 0 Å². The third kappa shape index (κ3) is 3.35. The summed E-state index contributed by atoms with van der Waals surface area (Å²) < 4.78 is 43.0. The average molecular weight is 349 g/mol. The number of hydrogen-bond acceptors (Lipinski definition) is 3. The highest BCUT2D eigenvalue weighted by Crippen LogP contribution is 2.31. The van der Waals surface area contributed by atoms with Gasteiger partial charge in [0.2, 0.25) is 0 Å². The first-order chi connectivity index (χ1) is 11.7. The standard InChI is InChI=1S/C18H14F3NO3/c1-17(10-11-4-2-3-5-14(11)15(23)25-17)16(24)22-13-8-6-12(7-9-13)18(19,20)21/h2-9H,10H2,1H3,(H,22,24)/t17-/m1/s1. The SMILES string of the molecule is C[C@]1(C(=O)Nc2ccc(C(F)(F)F)cc2)Cc2ccccc2C(=O)O1. The molecule has 0 bridgehead atoms. The molecule has 0 saturated heterocycles. The van der Waals surface area contributed by atoms with E-state index in [0.29, 0.717) is 11.1 Å². The van der Waals surface area contributed by atoms with E-state index in [1.807, 2.05) is 0 Å². The van der Waals surface area contributed by atoms with E-state index in [9.17, 15) is 22.8 Å². The van der Waals surface area contributed by atoms with Gasteiger partial charge in [-0.1, -0.05) is 18.2 Å². The number of esters is 1. The second-order valence-corrected chi connectivity index (χ2v) is 5.98. The maximum atomic E-state index is 12.6. The van der Waals surface area contributed by atoms with Crippen LogP contribution >= 0.6 is 0 Å². The lowest BCUT2D eigenvalue weighted by Crippen LogP contribution is -2.48. The number of carbonyl (C=O) groups is 2. The molecule has 3 rings (SSSR count). The molecule has 1 atom stereocenters. The molecule has 1 N–H and O–H groups in total. The minimum Gasteiger partial charge on any atom is -0.445 e. The molecule has 0 spiro atoms. The Bertz CT molecular complexity index is 830. The second kappa shape index (κ2) is 5.91. The third-order valence-corrected chi connectivity index (χ3v) is 4.03. The Balaban J connectivity index is 1.78. The summed E-state index contributed by atoms with van der Waals surface area (Å²) in [6.45, 7) is 1.47. The van der Waals surface area contributed by atoms with Crippen molar-refractivity contribution >= 4 is 17.6 Å². The maximum Gasteiger partial charge on any atom is 0.416 e. The molecule has 2 aromatic rings. The van der Waals surface area contributed by atoms with Crippen LogP contribution in [0.15, 0.2) is 48.5 Å². The van der Waals surface area contributed by atoms with Crippen LogP contribution in [0.25, 0.3) is 0 Å². The third-order valence-electron chi connectivity index (χ3n) is 4.03. The maximum absolute atomic E-state index is 12.6. The fourth-order valence-corrected chi connectivity index (χ4v) is 2.67. The van der Waals surface area contributed by atoms with Crippen LogP contribution in [0.5, 0.6) is 0 Å². The Morgan fingerprint density at radius 1 is 1.12 bits per heavy atom. The smallest absolute Gasteiger partial charge is 0.416 e. The molecule has 4 nitrogen and oxygen atoms in total. The lowest BCUT2D eigenvalue weighted by atomic mass is 9.89. The van der Waals surface area contributed by atoms with Gasteiger partial charge in [-0.15, -0.1) is 0 Å². The summed E-state index contributed by atoms with van der Waals surface area (Å²) in [5.74, 6) is -1.21. The molecular formula is C18H14F3NO3. The number of amides is 1. The van der Waals surface area contributed by atoms with Crippen molar-refractivity contribution < 1.29 is 27.5 Å². The number of benzene rings is 2. The molecular weight excluding hydrogens is 335 g/mol. The molecule has 1 aliphatic rings. The van der Waals surface area contributed by atoms with E-state index in [0.717, 1.165) is 24.3 Å². The minimum absolute atomic E-state index is 0.182. The molecule has 25 heavy (non-hydrogen) atoms. The van der Waals surface area contributed by atoms with Crippen molar-refractivity contribution in [1.29, 1.82) is 0 Å². The van der Waals surface area contributed by atoms with Gasteiger partial charge in [0.15, 0.2) is 5.60 Å². The van der Waals surface area contributed by atoms with Gasteiger partial charge in [-0.2, -0.15) is 13.2 Å². The Morgan fingerprint density at radius 2 is 1.76 bits per heavy atom. The first-order valence-electron chi connectivity index (χ1n) is 7.49. The Morgan fingerprint density at radius 3 is 2.40 bits per heavy atom. The van der Waals surface area contributed by atoms with Gasteiger partial charge in [0.05, 0.1) is 11.1 Å². The van der Waals surface area contributed by atoms with Crippen LogP contribution in [0.3, 0.4) is 0 Å². The molecule has 0 fully saturated rings. The van der Waals surface area contributed by atoms with Crippen LogP contribution < -0.4 is 5.32 Å². The fourth-order valence-electron chi connectivity index (χ4n) is 2.67. The Kier molecular flexibility index (Phi) is 4.02. The summed E-state index contributed by atoms with van der Waals surface area (Å²) in [5.41, 5.74) is -0.969. The molecule has 0 aliphatic carbocycles. The average Bonchev–Trinajstić information content (AvgIpc) is 2.54. The number of carbonyl (C=O) groups excluding carboxylic acids is 2. The minimum atomic E-state index is -4.45. The molecule has 0 radical (unpaired) electrons. The molecule has 7 heteroatoms. The van der Waals surface area contributed by atoms with E-state index in [2.05, 4.69) is 5.32 Å². The largest absolute Gasteiger partial charge is 0.445 e. The van der Waals surface area contributed by atoms with Gasteiger partial charge < -0.3 is 10.1 Å². The van der Waals surface area contributed by atoms with Gasteiger partial charge in [0.1, 0.15) is 0 Å². The lowest BCUT2D eigenvalue weighted by molar-refractivity contribution is -0.137. The van der Waals surface area contributed by atoms with Gasteiger partial charge in [-0.25, -0.2) is 4.79 Å². The second-order valence-electron chi connectivity index (χ2n) is 5.98. The van der Waals surface area contributed by atoms with Gasteiger partial charge in [-0.05, 0) is 42.8 Å². The number of hydrogen-bond donors (Lipinski definition) is 1. The van der Waals surface area contributed by atoms with Crippen molar-refractivity contribution in [2.45, 2.75) is 25.1 Å². The van der Waals surface area contributed by atoms with Crippen molar-refractivity contribution in [2.75, 3.05) is 5.32 Å². The van der Waals surface area contributed by atoms with E-state index >= 15 is 0 Å². The first kappa shape index (κ1) is 17.0. The highest BCUT2D eigenvalue weighted by molar-refractivity contribution is 6.02. The van der Waals surface area contributed by atoms with Crippen LogP contribution in [0.2, 0.25) is 0 Å². The molecule has 1 amide bonds. The molecule has 0 saturated carbocycles. The number of halogens is 3. The number of alkyl halides is 3. The molecule has 1 heterocycles. The van der Waals surface area contributed by atoms with Gasteiger partial charge >= 0.3 is 12.1 Å². The Hall–Kier alpha value is -2.83.